The van der Waals surface area contributed by atoms with Gasteiger partial charge in [0, 0.05) is 11.3 Å². The van der Waals surface area contributed by atoms with Crippen molar-refractivity contribution in [1.29, 1.82) is 0 Å². The van der Waals surface area contributed by atoms with Crippen LogP contribution in [0, 0.1) is 0 Å². The van der Waals surface area contributed by atoms with Crippen molar-refractivity contribution in [3.05, 3.63) is 54.6 Å². The van der Waals surface area contributed by atoms with E-state index in [-0.39, 0.29) is 0 Å². The fourth-order valence-electron chi connectivity index (χ4n) is 2.13. The summed E-state index contributed by atoms with van der Waals surface area (Å²) in [4.78, 5) is 4.48. The Bertz CT molecular complexity index is 744. The molecular formula is C18H19N3O2S. The van der Waals surface area contributed by atoms with Crippen molar-refractivity contribution in [3.63, 3.8) is 0 Å². The third kappa shape index (κ3) is 4.52. The van der Waals surface area contributed by atoms with Gasteiger partial charge in [0.15, 0.2) is 5.82 Å². The van der Waals surface area contributed by atoms with E-state index < -0.39 is 0 Å². The minimum absolute atomic E-state index is 0.591. The highest BCUT2D eigenvalue weighted by Gasteiger charge is 2.05. The van der Waals surface area contributed by atoms with Crippen LogP contribution in [0.4, 0.5) is 0 Å². The lowest BCUT2D eigenvalue weighted by molar-refractivity contribution is 0.332. The van der Waals surface area contributed by atoms with Crippen LogP contribution < -0.4 is 9.47 Å². The maximum Gasteiger partial charge on any atom is 0.208 e. The minimum atomic E-state index is 0.591. The molecule has 1 N–H and O–H groups in total. The minimum Gasteiger partial charge on any atom is -0.494 e. The second-order valence-electron chi connectivity index (χ2n) is 4.93. The van der Waals surface area contributed by atoms with Gasteiger partial charge in [-0.1, -0.05) is 42.1 Å². The number of benzene rings is 2. The number of rotatable bonds is 8. The number of hydrogen-bond donors (Lipinski definition) is 1. The molecule has 0 spiro atoms. The average molecular weight is 341 g/mol. The van der Waals surface area contributed by atoms with E-state index in [2.05, 4.69) is 15.2 Å². The van der Waals surface area contributed by atoms with Crippen molar-refractivity contribution >= 4 is 11.8 Å². The normalized spacial score (nSPS) is 10.5. The molecule has 0 aliphatic carbocycles. The highest BCUT2D eigenvalue weighted by molar-refractivity contribution is 7.99. The Morgan fingerprint density at radius 2 is 1.67 bits per heavy atom. The first-order chi connectivity index (χ1) is 11.8. The van der Waals surface area contributed by atoms with Crippen molar-refractivity contribution in [2.75, 3.05) is 19.0 Å². The molecule has 5 nitrogen and oxygen atoms in total. The summed E-state index contributed by atoms with van der Waals surface area (Å²) in [5, 5.41) is 7.91. The third-order valence-electron chi connectivity index (χ3n) is 3.23. The van der Waals surface area contributed by atoms with Crippen LogP contribution in [0.25, 0.3) is 11.4 Å². The average Bonchev–Trinajstić information content (AvgIpc) is 3.10. The van der Waals surface area contributed by atoms with Gasteiger partial charge in [0.25, 0.3) is 0 Å². The molecule has 2 aromatic carbocycles. The number of hydrogen-bond acceptors (Lipinski definition) is 5. The van der Waals surface area contributed by atoms with Gasteiger partial charge in [0.2, 0.25) is 5.16 Å². The molecule has 3 aromatic rings. The Hall–Kier alpha value is -2.47. The number of aromatic nitrogens is 3. The fourth-order valence-corrected chi connectivity index (χ4v) is 2.74. The SMILES string of the molecule is CCOc1ccc(OCCSc2n[nH]c(-c3ccccc3)n2)cc1. The summed E-state index contributed by atoms with van der Waals surface area (Å²) >= 11 is 1.56. The largest absolute Gasteiger partial charge is 0.494 e. The Labute approximate surface area is 145 Å². The summed E-state index contributed by atoms with van der Waals surface area (Å²) in [6.07, 6.45) is 0. The number of nitrogens with one attached hydrogen (secondary N) is 1. The fraction of sp³-hybridized carbons (Fsp3) is 0.222. The molecule has 0 saturated heterocycles. The van der Waals surface area contributed by atoms with Crippen LogP contribution >= 0.6 is 11.8 Å². The Morgan fingerprint density at radius 1 is 0.958 bits per heavy atom. The number of aromatic amines is 1. The van der Waals surface area contributed by atoms with Crippen LogP contribution in [0.5, 0.6) is 11.5 Å². The molecule has 24 heavy (non-hydrogen) atoms. The lowest BCUT2D eigenvalue weighted by Crippen LogP contribution is -2.00. The molecule has 124 valence electrons. The summed E-state index contributed by atoms with van der Waals surface area (Å²) in [6, 6.07) is 17.6. The second kappa shape index (κ2) is 8.40. The summed E-state index contributed by atoms with van der Waals surface area (Å²) < 4.78 is 11.1. The lowest BCUT2D eigenvalue weighted by Gasteiger charge is -2.06. The highest BCUT2D eigenvalue weighted by atomic mass is 32.2. The highest BCUT2D eigenvalue weighted by Crippen LogP contribution is 2.20. The van der Waals surface area contributed by atoms with E-state index in [4.69, 9.17) is 9.47 Å². The molecule has 0 amide bonds. The first kappa shape index (κ1) is 16.4. The Kier molecular flexibility index (Phi) is 5.74. The van der Waals surface area contributed by atoms with E-state index in [1.807, 2.05) is 61.5 Å². The first-order valence-corrected chi connectivity index (χ1v) is 8.80. The van der Waals surface area contributed by atoms with Crippen molar-refractivity contribution < 1.29 is 9.47 Å². The van der Waals surface area contributed by atoms with Crippen molar-refractivity contribution in [2.45, 2.75) is 12.1 Å². The Morgan fingerprint density at radius 3 is 2.38 bits per heavy atom. The number of ether oxygens (including phenoxy) is 2. The second-order valence-corrected chi connectivity index (χ2v) is 6.00. The third-order valence-corrected chi connectivity index (χ3v) is 4.04. The molecule has 0 bridgehead atoms. The van der Waals surface area contributed by atoms with Crippen LogP contribution in [0.2, 0.25) is 0 Å². The molecular weight excluding hydrogens is 322 g/mol. The van der Waals surface area contributed by atoms with E-state index >= 15 is 0 Å². The van der Waals surface area contributed by atoms with Gasteiger partial charge in [0.05, 0.1) is 13.2 Å². The van der Waals surface area contributed by atoms with Crippen LogP contribution in [-0.2, 0) is 0 Å². The predicted octanol–water partition coefficient (Wildman–Crippen LogP) is 4.04. The quantitative estimate of drug-likeness (QED) is 0.495. The topological polar surface area (TPSA) is 60.0 Å². The van der Waals surface area contributed by atoms with Gasteiger partial charge in [-0.3, -0.25) is 5.10 Å². The molecule has 0 unspecified atom stereocenters. The molecule has 1 aromatic heterocycles. The van der Waals surface area contributed by atoms with Gasteiger partial charge in [-0.15, -0.1) is 5.10 Å². The van der Waals surface area contributed by atoms with E-state index in [0.29, 0.717) is 13.2 Å². The molecule has 0 saturated carbocycles. The van der Waals surface area contributed by atoms with Crippen LogP contribution in [0.15, 0.2) is 59.8 Å². The van der Waals surface area contributed by atoms with Gasteiger partial charge in [-0.25, -0.2) is 4.98 Å². The number of thioether (sulfide) groups is 1. The van der Waals surface area contributed by atoms with Crippen molar-refractivity contribution in [1.82, 2.24) is 15.2 Å². The molecule has 3 rings (SSSR count). The molecule has 1 heterocycles. The maximum atomic E-state index is 5.71. The molecule has 0 aliphatic rings. The molecule has 0 aliphatic heterocycles. The smallest absolute Gasteiger partial charge is 0.208 e. The Balaban J connectivity index is 1.44. The van der Waals surface area contributed by atoms with Gasteiger partial charge in [-0.2, -0.15) is 0 Å². The van der Waals surface area contributed by atoms with E-state index in [1.54, 1.807) is 11.8 Å². The van der Waals surface area contributed by atoms with Gasteiger partial charge in [-0.05, 0) is 31.2 Å². The zero-order chi connectivity index (χ0) is 16.6. The van der Waals surface area contributed by atoms with Crippen LogP contribution in [0.3, 0.4) is 0 Å². The monoisotopic (exact) mass is 341 g/mol. The summed E-state index contributed by atoms with van der Waals surface area (Å²) in [5.41, 5.74) is 1.03. The van der Waals surface area contributed by atoms with Crippen LogP contribution in [0.1, 0.15) is 6.92 Å². The van der Waals surface area contributed by atoms with Crippen molar-refractivity contribution in [2.24, 2.45) is 0 Å². The summed E-state index contributed by atoms with van der Waals surface area (Å²) in [6.45, 7) is 3.22. The van der Waals surface area contributed by atoms with Gasteiger partial charge < -0.3 is 9.47 Å². The van der Waals surface area contributed by atoms with E-state index in [0.717, 1.165) is 33.8 Å². The molecule has 6 heteroatoms. The number of nitrogens with zero attached hydrogens (tertiary/aromatic N) is 2. The van der Waals surface area contributed by atoms with Gasteiger partial charge >= 0.3 is 0 Å². The first-order valence-electron chi connectivity index (χ1n) is 7.81. The van der Waals surface area contributed by atoms with Crippen molar-refractivity contribution in [3.8, 4) is 22.9 Å². The van der Waals surface area contributed by atoms with E-state index in [1.165, 1.54) is 0 Å². The van der Waals surface area contributed by atoms with E-state index in [9.17, 15) is 0 Å². The predicted molar refractivity (Wildman–Crippen MR) is 95.6 cm³/mol. The lowest BCUT2D eigenvalue weighted by atomic mass is 10.2. The summed E-state index contributed by atoms with van der Waals surface area (Å²) in [5.74, 6) is 3.25. The maximum absolute atomic E-state index is 5.71. The molecule has 0 radical (unpaired) electrons. The summed E-state index contributed by atoms with van der Waals surface area (Å²) in [7, 11) is 0. The molecule has 0 atom stereocenters. The standard InChI is InChI=1S/C18H19N3O2S/c1-2-22-15-8-10-16(11-9-15)23-12-13-24-18-19-17(20-21-18)14-6-4-3-5-7-14/h3-11H,2,12-13H2,1H3,(H,19,20,21). The van der Waals surface area contributed by atoms with Gasteiger partial charge in [0.1, 0.15) is 11.5 Å². The molecule has 0 fully saturated rings. The van der Waals surface area contributed by atoms with Crippen LogP contribution in [-0.4, -0.2) is 34.1 Å². The zero-order valence-electron chi connectivity index (χ0n) is 13.4. The zero-order valence-corrected chi connectivity index (χ0v) is 14.3. The number of H-pyrrole nitrogens is 1.